The van der Waals surface area contributed by atoms with Crippen molar-refractivity contribution in [1.82, 2.24) is 20.5 Å². The fourth-order valence-corrected chi connectivity index (χ4v) is 3.40. The highest BCUT2D eigenvalue weighted by molar-refractivity contribution is 6.37. The van der Waals surface area contributed by atoms with E-state index in [2.05, 4.69) is 20.7 Å². The second-order valence-corrected chi connectivity index (χ2v) is 7.88. The lowest BCUT2D eigenvalue weighted by Crippen LogP contribution is -2.47. The van der Waals surface area contributed by atoms with Crippen LogP contribution in [0.5, 0.6) is 11.6 Å². The van der Waals surface area contributed by atoms with Crippen molar-refractivity contribution in [3.05, 3.63) is 80.6 Å². The Morgan fingerprint density at radius 3 is 2.47 bits per heavy atom. The van der Waals surface area contributed by atoms with Crippen LogP contribution in [-0.4, -0.2) is 34.4 Å². The number of nitriles is 1. The Morgan fingerprint density at radius 2 is 1.83 bits per heavy atom. The summed E-state index contributed by atoms with van der Waals surface area (Å²) in [6.45, 7) is 1.89. The van der Waals surface area contributed by atoms with E-state index in [9.17, 15) is 19.6 Å². The number of benzene rings is 2. The van der Waals surface area contributed by atoms with Crippen molar-refractivity contribution in [3.8, 4) is 17.7 Å². The van der Waals surface area contributed by atoms with Crippen molar-refractivity contribution < 1.29 is 19.1 Å². The van der Waals surface area contributed by atoms with Crippen LogP contribution in [0.15, 0.2) is 59.4 Å². The highest BCUT2D eigenvalue weighted by Gasteiger charge is 2.21. The molecule has 2 aromatic carbocycles. The number of nitrogens with zero attached hydrogens (tertiary/aromatic N) is 3. The van der Waals surface area contributed by atoms with Crippen LogP contribution in [-0.2, 0) is 16.1 Å². The molecule has 13 heteroatoms. The van der Waals surface area contributed by atoms with Crippen LogP contribution in [0.2, 0.25) is 10.0 Å². The van der Waals surface area contributed by atoms with E-state index < -0.39 is 18.0 Å². The summed E-state index contributed by atoms with van der Waals surface area (Å²) in [5.41, 5.74) is 5.95. The first-order valence-corrected chi connectivity index (χ1v) is 11.2. The van der Waals surface area contributed by atoms with Gasteiger partial charge in [0.1, 0.15) is 0 Å². The van der Waals surface area contributed by atoms with E-state index in [1.54, 1.807) is 13.0 Å². The van der Waals surface area contributed by atoms with E-state index >= 15 is 0 Å². The molecule has 3 rings (SSSR count). The van der Waals surface area contributed by atoms with Gasteiger partial charge in [-0.1, -0.05) is 53.5 Å². The predicted octanol–water partition coefficient (Wildman–Crippen LogP) is 3.47. The second-order valence-electron chi connectivity index (χ2n) is 7.07. The zero-order valence-corrected chi connectivity index (χ0v) is 20.3. The minimum Gasteiger partial charge on any atom is -0.450 e. The maximum Gasteiger partial charge on any atom is 0.413 e. The van der Waals surface area contributed by atoms with Gasteiger partial charge in [-0.3, -0.25) is 14.9 Å². The average Bonchev–Trinajstić information content (AvgIpc) is 2.84. The maximum absolute atomic E-state index is 12.2. The second kappa shape index (κ2) is 12.6. The van der Waals surface area contributed by atoms with Gasteiger partial charge in [-0.2, -0.15) is 5.26 Å². The first-order valence-electron chi connectivity index (χ1n) is 10.5. The van der Waals surface area contributed by atoms with Crippen LogP contribution in [0.25, 0.3) is 0 Å². The first-order chi connectivity index (χ1) is 17.3. The summed E-state index contributed by atoms with van der Waals surface area (Å²) in [4.78, 5) is 35.6. The third-order valence-electron chi connectivity index (χ3n) is 4.48. The minimum atomic E-state index is -1.43. The van der Waals surface area contributed by atoms with Crippen molar-refractivity contribution in [1.29, 1.82) is 5.26 Å². The van der Waals surface area contributed by atoms with Crippen molar-refractivity contribution in [2.24, 2.45) is 0 Å². The number of aromatic nitrogens is 2. The molecule has 3 N–H and O–H groups in total. The van der Waals surface area contributed by atoms with Gasteiger partial charge in [0.05, 0.1) is 35.0 Å². The van der Waals surface area contributed by atoms with E-state index in [1.807, 2.05) is 35.6 Å². The summed E-state index contributed by atoms with van der Waals surface area (Å²) in [5, 5.41) is 15.5. The topological polar surface area (TPSA) is 147 Å². The minimum absolute atomic E-state index is 0.0665. The molecule has 1 unspecified atom stereocenters. The Labute approximate surface area is 215 Å². The molecule has 1 aromatic heterocycles. The Bertz CT molecular complexity index is 1320. The van der Waals surface area contributed by atoms with Gasteiger partial charge in [-0.15, -0.1) is 5.10 Å². The Kier molecular flexibility index (Phi) is 9.24. The number of imide groups is 1. The number of halogens is 2. The van der Waals surface area contributed by atoms with Gasteiger partial charge in [0.15, 0.2) is 11.8 Å². The molecule has 1 atom stereocenters. The Morgan fingerprint density at radius 1 is 1.14 bits per heavy atom. The lowest BCUT2D eigenvalue weighted by molar-refractivity contribution is -0.121. The number of hydrogen-bond acceptors (Lipinski definition) is 9. The van der Waals surface area contributed by atoms with E-state index in [-0.39, 0.29) is 40.4 Å². The number of ether oxygens (including phenoxy) is 2. The van der Waals surface area contributed by atoms with Gasteiger partial charge in [-0.05, 0) is 24.6 Å². The number of nitrogens with one attached hydrogen (secondary N) is 3. The van der Waals surface area contributed by atoms with Crippen LogP contribution >= 0.6 is 23.2 Å². The van der Waals surface area contributed by atoms with E-state index in [0.717, 1.165) is 5.56 Å². The van der Waals surface area contributed by atoms with Gasteiger partial charge in [-0.25, -0.2) is 14.9 Å². The highest BCUT2D eigenvalue weighted by Crippen LogP contribution is 2.38. The molecule has 0 saturated carbocycles. The van der Waals surface area contributed by atoms with Gasteiger partial charge >= 0.3 is 6.09 Å². The fourth-order valence-electron chi connectivity index (χ4n) is 2.84. The maximum atomic E-state index is 12.2. The summed E-state index contributed by atoms with van der Waals surface area (Å²) in [5.74, 6) is -0.746. The van der Waals surface area contributed by atoms with Crippen LogP contribution < -0.4 is 26.5 Å². The van der Waals surface area contributed by atoms with Crippen LogP contribution in [0.3, 0.4) is 0 Å². The first kappa shape index (κ1) is 26.5. The number of rotatable bonds is 9. The van der Waals surface area contributed by atoms with E-state index in [0.29, 0.717) is 5.69 Å². The van der Waals surface area contributed by atoms with Crippen molar-refractivity contribution in [2.45, 2.75) is 19.5 Å². The number of carbonyl (C=O) groups excluding carboxylic acids is 2. The van der Waals surface area contributed by atoms with E-state index in [4.69, 9.17) is 27.9 Å². The lowest BCUT2D eigenvalue weighted by atomic mass is 10.2. The smallest absolute Gasteiger partial charge is 0.413 e. The average molecular weight is 531 g/mol. The summed E-state index contributed by atoms with van der Waals surface area (Å²) in [6.07, 6.45) is -0.971. The third kappa shape index (κ3) is 7.19. The molecule has 2 amide bonds. The van der Waals surface area contributed by atoms with Gasteiger partial charge in [0.25, 0.3) is 11.5 Å². The Balaban J connectivity index is 1.70. The molecule has 186 valence electrons. The quantitative estimate of drug-likeness (QED) is 0.353. The van der Waals surface area contributed by atoms with Crippen molar-refractivity contribution in [3.63, 3.8) is 0 Å². The lowest BCUT2D eigenvalue weighted by Gasteiger charge is -2.15. The van der Waals surface area contributed by atoms with Gasteiger partial charge in [0, 0.05) is 12.1 Å². The normalized spacial score (nSPS) is 11.2. The molecule has 11 nitrogen and oxygen atoms in total. The number of carbonyl (C=O) groups is 2. The summed E-state index contributed by atoms with van der Waals surface area (Å²) < 4.78 is 11.6. The largest absolute Gasteiger partial charge is 0.450 e. The molecule has 0 bridgehead atoms. The third-order valence-corrected chi connectivity index (χ3v) is 5.04. The summed E-state index contributed by atoms with van der Waals surface area (Å²) in [6, 6.07) is 15.1. The molecule has 0 aliphatic rings. The SMILES string of the molecule is CCOC(=O)NC(=O)C(C#N)NNc1cc(Cl)c(Oc2ccc(=O)n(Cc3ccccc3)n2)c(Cl)c1. The fraction of sp³-hybridized carbons (Fsp3) is 0.174. The number of amides is 2. The molecule has 3 aromatic rings. The molecule has 0 aliphatic carbocycles. The van der Waals surface area contributed by atoms with Crippen LogP contribution in [0.4, 0.5) is 10.5 Å². The number of hydrogen-bond donors (Lipinski definition) is 3. The molecular formula is C23H20Cl2N6O5. The number of anilines is 1. The highest BCUT2D eigenvalue weighted by atomic mass is 35.5. The van der Waals surface area contributed by atoms with Gasteiger partial charge in [0.2, 0.25) is 5.88 Å². The van der Waals surface area contributed by atoms with Crippen molar-refractivity contribution in [2.75, 3.05) is 12.0 Å². The van der Waals surface area contributed by atoms with Crippen LogP contribution in [0.1, 0.15) is 12.5 Å². The predicted molar refractivity (Wildman–Crippen MR) is 132 cm³/mol. The molecule has 0 fully saturated rings. The van der Waals surface area contributed by atoms with Crippen LogP contribution in [0, 0.1) is 11.3 Å². The monoisotopic (exact) mass is 530 g/mol. The molecule has 0 radical (unpaired) electrons. The molecule has 1 heterocycles. The molecule has 0 aliphatic heterocycles. The molecular weight excluding hydrogens is 511 g/mol. The number of hydrazine groups is 1. The Hall–Kier alpha value is -4.11. The van der Waals surface area contributed by atoms with Gasteiger partial charge < -0.3 is 14.9 Å². The zero-order valence-electron chi connectivity index (χ0n) is 18.8. The summed E-state index contributed by atoms with van der Waals surface area (Å²) >= 11 is 12.6. The standard InChI is InChI=1S/C23H20Cl2N6O5/c1-2-35-23(34)27-22(33)18(12-26)29-28-15-10-16(24)21(17(25)11-15)36-19-8-9-20(32)31(30-19)13-14-6-4-3-5-7-14/h3-11,18,28-29H,2,13H2,1H3,(H,27,33,34). The summed E-state index contributed by atoms with van der Waals surface area (Å²) in [7, 11) is 0. The molecule has 36 heavy (non-hydrogen) atoms. The molecule has 0 saturated heterocycles. The zero-order chi connectivity index (χ0) is 26.1. The van der Waals surface area contributed by atoms with Crippen molar-refractivity contribution >= 4 is 40.9 Å². The number of alkyl carbamates (subject to hydrolysis) is 1. The van der Waals surface area contributed by atoms with E-state index in [1.165, 1.54) is 28.9 Å². The molecule has 0 spiro atoms.